The zero-order valence-corrected chi connectivity index (χ0v) is 20.7. The lowest BCUT2D eigenvalue weighted by atomic mass is 10.0. The Hall–Kier alpha value is -3.49. The van der Waals surface area contributed by atoms with Crippen LogP contribution < -0.4 is 0 Å². The van der Waals surface area contributed by atoms with Gasteiger partial charge in [0, 0.05) is 52.3 Å². The number of amides is 2. The van der Waals surface area contributed by atoms with E-state index in [-0.39, 0.29) is 29.8 Å². The number of carbonyl (C=O) groups is 2. The topological polar surface area (TPSA) is 78.0 Å². The fourth-order valence-electron chi connectivity index (χ4n) is 4.16. The Bertz CT molecular complexity index is 1280. The van der Waals surface area contributed by atoms with Gasteiger partial charge in [-0.1, -0.05) is 54.6 Å². The average Bonchev–Trinajstić information content (AvgIpc) is 2.89. The summed E-state index contributed by atoms with van der Waals surface area (Å²) in [7, 11) is -1.95. The molecule has 0 N–H and O–H groups in total. The van der Waals surface area contributed by atoms with Crippen LogP contribution in [0.3, 0.4) is 0 Å². The van der Waals surface area contributed by atoms with E-state index in [1.165, 1.54) is 23.4 Å². The lowest BCUT2D eigenvalue weighted by molar-refractivity contribution is -0.129. The van der Waals surface area contributed by atoms with E-state index >= 15 is 0 Å². The highest BCUT2D eigenvalue weighted by Crippen LogP contribution is 2.21. The van der Waals surface area contributed by atoms with Crippen molar-refractivity contribution in [3.8, 4) is 11.1 Å². The molecule has 0 spiro atoms. The van der Waals surface area contributed by atoms with Crippen LogP contribution in [-0.4, -0.2) is 67.6 Å². The average molecular weight is 492 g/mol. The van der Waals surface area contributed by atoms with Crippen LogP contribution in [0.25, 0.3) is 11.1 Å². The molecule has 0 bridgehead atoms. The number of piperazine rings is 1. The standard InChI is InChI=1S/C27H29N3O4S/c1-21(31)29-16-18-30(19-17-29)35(33,34)26-14-12-25(13-15-26)27(32)28(2)20-22-8-10-24(11-9-22)23-6-4-3-5-7-23/h3-15H,16-20H2,1-2H3. The zero-order valence-electron chi connectivity index (χ0n) is 19.9. The molecule has 0 saturated carbocycles. The number of sulfonamides is 1. The number of rotatable bonds is 6. The number of hydrogen-bond acceptors (Lipinski definition) is 4. The molecule has 7 nitrogen and oxygen atoms in total. The van der Waals surface area contributed by atoms with Gasteiger partial charge in [0.05, 0.1) is 4.90 Å². The van der Waals surface area contributed by atoms with Crippen molar-refractivity contribution < 1.29 is 18.0 Å². The maximum absolute atomic E-state index is 13.0. The van der Waals surface area contributed by atoms with Gasteiger partial charge in [-0.25, -0.2) is 8.42 Å². The van der Waals surface area contributed by atoms with Crippen LogP contribution in [0.2, 0.25) is 0 Å². The zero-order chi connectivity index (χ0) is 25.0. The molecular formula is C27H29N3O4S. The summed E-state index contributed by atoms with van der Waals surface area (Å²) < 4.78 is 27.3. The summed E-state index contributed by atoms with van der Waals surface area (Å²) >= 11 is 0. The molecule has 3 aromatic rings. The molecule has 0 atom stereocenters. The molecule has 0 unspecified atom stereocenters. The van der Waals surface area contributed by atoms with Crippen LogP contribution in [0.5, 0.6) is 0 Å². The van der Waals surface area contributed by atoms with E-state index in [0.29, 0.717) is 25.2 Å². The molecular weight excluding hydrogens is 462 g/mol. The van der Waals surface area contributed by atoms with Crippen LogP contribution in [0, 0.1) is 0 Å². The summed E-state index contributed by atoms with van der Waals surface area (Å²) in [6.07, 6.45) is 0. The summed E-state index contributed by atoms with van der Waals surface area (Å²) in [5.41, 5.74) is 3.68. The Labute approximate surface area is 206 Å². The molecule has 35 heavy (non-hydrogen) atoms. The molecule has 1 heterocycles. The Morgan fingerprint density at radius 3 is 1.94 bits per heavy atom. The molecule has 4 rings (SSSR count). The first kappa shape index (κ1) is 24.6. The van der Waals surface area contributed by atoms with Crippen molar-refractivity contribution in [2.45, 2.75) is 18.4 Å². The third kappa shape index (κ3) is 5.61. The van der Waals surface area contributed by atoms with Crippen molar-refractivity contribution >= 4 is 21.8 Å². The highest BCUT2D eigenvalue weighted by Gasteiger charge is 2.29. The van der Waals surface area contributed by atoms with Crippen LogP contribution in [-0.2, 0) is 21.4 Å². The van der Waals surface area contributed by atoms with Gasteiger partial charge in [-0.2, -0.15) is 4.31 Å². The Balaban J connectivity index is 1.39. The number of benzene rings is 3. The minimum atomic E-state index is -3.68. The molecule has 8 heteroatoms. The first-order valence-corrected chi connectivity index (χ1v) is 13.0. The molecule has 1 aliphatic heterocycles. The summed E-state index contributed by atoms with van der Waals surface area (Å²) in [6.45, 7) is 3.19. The van der Waals surface area contributed by atoms with E-state index in [0.717, 1.165) is 16.7 Å². The molecule has 0 aromatic heterocycles. The molecule has 2 amide bonds. The second kappa shape index (κ2) is 10.4. The highest BCUT2D eigenvalue weighted by molar-refractivity contribution is 7.89. The van der Waals surface area contributed by atoms with Gasteiger partial charge in [0.15, 0.2) is 0 Å². The van der Waals surface area contributed by atoms with Gasteiger partial charge >= 0.3 is 0 Å². The molecule has 1 aliphatic rings. The van der Waals surface area contributed by atoms with Crippen LogP contribution >= 0.6 is 0 Å². The van der Waals surface area contributed by atoms with Crippen molar-refractivity contribution in [1.82, 2.24) is 14.1 Å². The Kier molecular flexibility index (Phi) is 7.33. The van der Waals surface area contributed by atoms with Crippen molar-refractivity contribution in [3.63, 3.8) is 0 Å². The second-order valence-electron chi connectivity index (χ2n) is 8.66. The maximum atomic E-state index is 13.0. The van der Waals surface area contributed by atoms with Crippen molar-refractivity contribution in [2.24, 2.45) is 0 Å². The van der Waals surface area contributed by atoms with Gasteiger partial charge in [0.1, 0.15) is 0 Å². The van der Waals surface area contributed by atoms with E-state index in [1.54, 1.807) is 29.0 Å². The molecule has 3 aromatic carbocycles. The quantitative estimate of drug-likeness (QED) is 0.529. The number of nitrogens with zero attached hydrogens (tertiary/aromatic N) is 3. The van der Waals surface area contributed by atoms with Gasteiger partial charge in [-0.3, -0.25) is 9.59 Å². The lowest BCUT2D eigenvalue weighted by Crippen LogP contribution is -2.49. The predicted octanol–water partition coefficient (Wildman–Crippen LogP) is 3.48. The predicted molar refractivity (Wildman–Crippen MR) is 135 cm³/mol. The fraction of sp³-hybridized carbons (Fsp3) is 0.259. The third-order valence-corrected chi connectivity index (χ3v) is 8.16. The van der Waals surface area contributed by atoms with Gasteiger partial charge in [0.2, 0.25) is 15.9 Å². The molecule has 0 radical (unpaired) electrons. The number of hydrogen-bond donors (Lipinski definition) is 0. The Morgan fingerprint density at radius 1 is 0.800 bits per heavy atom. The molecule has 1 fully saturated rings. The largest absolute Gasteiger partial charge is 0.340 e. The van der Waals surface area contributed by atoms with Crippen LogP contribution in [0.1, 0.15) is 22.8 Å². The minimum Gasteiger partial charge on any atom is -0.340 e. The van der Waals surface area contributed by atoms with E-state index in [9.17, 15) is 18.0 Å². The molecule has 182 valence electrons. The van der Waals surface area contributed by atoms with Gasteiger partial charge in [-0.05, 0) is 41.0 Å². The summed E-state index contributed by atoms with van der Waals surface area (Å²) in [5.74, 6) is -0.239. The minimum absolute atomic E-state index is 0.0545. The first-order chi connectivity index (χ1) is 16.8. The third-order valence-electron chi connectivity index (χ3n) is 6.25. The fourth-order valence-corrected chi connectivity index (χ4v) is 5.58. The second-order valence-corrected chi connectivity index (χ2v) is 10.6. The van der Waals surface area contributed by atoms with E-state index in [1.807, 2.05) is 42.5 Å². The SMILES string of the molecule is CC(=O)N1CCN(S(=O)(=O)c2ccc(C(=O)N(C)Cc3ccc(-c4ccccc4)cc3)cc2)CC1. The summed E-state index contributed by atoms with van der Waals surface area (Å²) in [5, 5.41) is 0. The summed E-state index contributed by atoms with van der Waals surface area (Å²) in [6, 6.07) is 24.2. The Morgan fingerprint density at radius 2 is 1.37 bits per heavy atom. The van der Waals surface area contributed by atoms with E-state index in [4.69, 9.17) is 0 Å². The van der Waals surface area contributed by atoms with Crippen molar-refractivity contribution in [1.29, 1.82) is 0 Å². The maximum Gasteiger partial charge on any atom is 0.253 e. The van der Waals surface area contributed by atoms with E-state index in [2.05, 4.69) is 12.1 Å². The van der Waals surface area contributed by atoms with Crippen LogP contribution in [0.4, 0.5) is 0 Å². The molecule has 0 aliphatic carbocycles. The van der Waals surface area contributed by atoms with Crippen LogP contribution in [0.15, 0.2) is 83.8 Å². The highest BCUT2D eigenvalue weighted by atomic mass is 32.2. The normalized spacial score (nSPS) is 14.5. The first-order valence-electron chi connectivity index (χ1n) is 11.5. The van der Waals surface area contributed by atoms with Gasteiger partial charge < -0.3 is 9.80 Å². The lowest BCUT2D eigenvalue weighted by Gasteiger charge is -2.33. The number of carbonyl (C=O) groups excluding carboxylic acids is 2. The molecule has 1 saturated heterocycles. The monoisotopic (exact) mass is 491 g/mol. The van der Waals surface area contributed by atoms with Crippen molar-refractivity contribution in [2.75, 3.05) is 33.2 Å². The van der Waals surface area contributed by atoms with E-state index < -0.39 is 10.0 Å². The van der Waals surface area contributed by atoms with Gasteiger partial charge in [-0.15, -0.1) is 0 Å². The summed E-state index contributed by atoms with van der Waals surface area (Å²) in [4.78, 5) is 27.8. The van der Waals surface area contributed by atoms with Gasteiger partial charge in [0.25, 0.3) is 5.91 Å². The smallest absolute Gasteiger partial charge is 0.253 e. The van der Waals surface area contributed by atoms with Crippen molar-refractivity contribution in [3.05, 3.63) is 90.0 Å².